The van der Waals surface area contributed by atoms with Crippen LogP contribution in [0.1, 0.15) is 12.6 Å². The minimum atomic E-state index is -0.185. The average Bonchev–Trinajstić information content (AvgIpc) is 2.59. The molecule has 0 aliphatic carbocycles. The van der Waals surface area contributed by atoms with Gasteiger partial charge in [-0.3, -0.25) is 9.48 Å². The van der Waals surface area contributed by atoms with Crippen LogP contribution in [0.5, 0.6) is 0 Å². The molecule has 2 N–H and O–H groups in total. The van der Waals surface area contributed by atoms with Crippen molar-refractivity contribution in [1.82, 2.24) is 20.4 Å². The van der Waals surface area contributed by atoms with Gasteiger partial charge in [-0.2, -0.15) is 5.10 Å². The van der Waals surface area contributed by atoms with Crippen molar-refractivity contribution in [1.29, 1.82) is 0 Å². The van der Waals surface area contributed by atoms with Crippen LogP contribution < -0.4 is 10.6 Å². The van der Waals surface area contributed by atoms with E-state index in [1.807, 2.05) is 20.0 Å². The van der Waals surface area contributed by atoms with Crippen molar-refractivity contribution in [3.63, 3.8) is 0 Å². The number of amides is 1. The van der Waals surface area contributed by atoms with Gasteiger partial charge >= 0.3 is 0 Å². The maximum Gasteiger partial charge on any atom is 0.236 e. The molecule has 1 atom stereocenters. The third-order valence-electron chi connectivity index (χ3n) is 2.15. The minimum absolute atomic E-state index is 0.00725. The molecule has 0 radical (unpaired) electrons. The third-order valence-corrected chi connectivity index (χ3v) is 2.15. The Balaban J connectivity index is 2.41. The van der Waals surface area contributed by atoms with Gasteiger partial charge in [0.15, 0.2) is 0 Å². The molecule has 1 rings (SSSR count). The zero-order chi connectivity index (χ0) is 10.6. The second-order valence-electron chi connectivity index (χ2n) is 3.16. The van der Waals surface area contributed by atoms with E-state index >= 15 is 0 Å². The first kappa shape index (κ1) is 10.7. The highest BCUT2D eigenvalue weighted by Gasteiger charge is 2.10. The van der Waals surface area contributed by atoms with Crippen LogP contribution in [0.4, 0.5) is 0 Å². The second kappa shape index (κ2) is 4.76. The predicted octanol–water partition coefficient (Wildman–Crippen LogP) is -0.356. The van der Waals surface area contributed by atoms with Crippen LogP contribution in [-0.4, -0.2) is 28.8 Å². The molecule has 5 nitrogen and oxygen atoms in total. The van der Waals surface area contributed by atoms with Crippen LogP contribution in [0, 0.1) is 0 Å². The molecular formula is C9H16N4O. The van der Waals surface area contributed by atoms with E-state index in [9.17, 15) is 4.79 Å². The van der Waals surface area contributed by atoms with E-state index in [4.69, 9.17) is 0 Å². The Morgan fingerprint density at radius 1 is 1.71 bits per heavy atom. The summed E-state index contributed by atoms with van der Waals surface area (Å²) in [6.07, 6.45) is 1.74. The third kappa shape index (κ3) is 2.56. The molecule has 0 aliphatic rings. The Kier molecular flexibility index (Phi) is 3.64. The summed E-state index contributed by atoms with van der Waals surface area (Å²) in [5.74, 6) is -0.00725. The summed E-state index contributed by atoms with van der Waals surface area (Å²) in [6.45, 7) is 2.47. The van der Waals surface area contributed by atoms with Gasteiger partial charge < -0.3 is 10.6 Å². The van der Waals surface area contributed by atoms with Crippen molar-refractivity contribution >= 4 is 5.91 Å². The largest absolute Gasteiger partial charge is 0.358 e. The molecule has 0 bridgehead atoms. The van der Waals surface area contributed by atoms with Gasteiger partial charge in [-0.25, -0.2) is 0 Å². The molecule has 5 heteroatoms. The average molecular weight is 196 g/mol. The van der Waals surface area contributed by atoms with Crippen LogP contribution in [0.15, 0.2) is 12.3 Å². The number of carbonyl (C=O) groups excluding carboxylic acids is 1. The molecule has 78 valence electrons. The number of nitrogens with zero attached hydrogens (tertiary/aromatic N) is 2. The van der Waals surface area contributed by atoms with Crippen LogP contribution in [0.3, 0.4) is 0 Å². The molecule has 0 saturated carbocycles. The van der Waals surface area contributed by atoms with Gasteiger partial charge in [0, 0.05) is 26.8 Å². The molecular weight excluding hydrogens is 180 g/mol. The van der Waals surface area contributed by atoms with Crippen LogP contribution in [0.2, 0.25) is 0 Å². The van der Waals surface area contributed by atoms with E-state index in [1.54, 1.807) is 17.9 Å². The van der Waals surface area contributed by atoms with Crippen LogP contribution in [0.25, 0.3) is 0 Å². The van der Waals surface area contributed by atoms with Crippen molar-refractivity contribution < 1.29 is 4.79 Å². The molecule has 1 heterocycles. The molecule has 0 aromatic carbocycles. The Morgan fingerprint density at radius 3 is 2.93 bits per heavy atom. The number of hydrogen-bond donors (Lipinski definition) is 2. The van der Waals surface area contributed by atoms with Crippen molar-refractivity contribution in [2.45, 2.75) is 19.5 Å². The van der Waals surface area contributed by atoms with Gasteiger partial charge in [0.1, 0.15) is 0 Å². The summed E-state index contributed by atoms with van der Waals surface area (Å²) in [5.41, 5.74) is 1.06. The Morgan fingerprint density at radius 2 is 2.43 bits per heavy atom. The topological polar surface area (TPSA) is 59.0 Å². The first-order chi connectivity index (χ1) is 6.65. The lowest BCUT2D eigenvalue weighted by Crippen LogP contribution is -2.40. The SMILES string of the molecule is CNC(=O)C(C)NCc1ccnn1C. The van der Waals surface area contributed by atoms with Gasteiger partial charge in [-0.05, 0) is 13.0 Å². The summed E-state index contributed by atoms with van der Waals surface area (Å²) in [7, 11) is 3.51. The molecule has 0 aliphatic heterocycles. The molecule has 1 aromatic heterocycles. The second-order valence-corrected chi connectivity index (χ2v) is 3.16. The van der Waals surface area contributed by atoms with Crippen molar-refractivity contribution in [3.8, 4) is 0 Å². The normalized spacial score (nSPS) is 12.5. The summed E-state index contributed by atoms with van der Waals surface area (Å²) >= 11 is 0. The van der Waals surface area contributed by atoms with E-state index in [1.165, 1.54) is 0 Å². The Hall–Kier alpha value is -1.36. The number of likely N-dealkylation sites (N-methyl/N-ethyl adjacent to an activating group) is 1. The standard InChI is InChI=1S/C9H16N4O/c1-7(9(14)10-2)11-6-8-4-5-12-13(8)3/h4-5,7,11H,6H2,1-3H3,(H,10,14). The maximum atomic E-state index is 11.2. The van der Waals surface area contributed by atoms with Gasteiger partial charge in [0.2, 0.25) is 5.91 Å². The minimum Gasteiger partial charge on any atom is -0.358 e. The highest BCUT2D eigenvalue weighted by molar-refractivity contribution is 5.80. The number of nitrogens with one attached hydrogen (secondary N) is 2. The predicted molar refractivity (Wildman–Crippen MR) is 53.6 cm³/mol. The van der Waals surface area contributed by atoms with E-state index in [2.05, 4.69) is 15.7 Å². The lowest BCUT2D eigenvalue weighted by atomic mass is 10.3. The summed E-state index contributed by atoms with van der Waals surface area (Å²) in [6, 6.07) is 1.73. The summed E-state index contributed by atoms with van der Waals surface area (Å²) in [5, 5.41) is 9.72. The Labute approximate surface area is 83.5 Å². The van der Waals surface area contributed by atoms with Crippen molar-refractivity contribution in [2.24, 2.45) is 7.05 Å². The fourth-order valence-electron chi connectivity index (χ4n) is 1.14. The van der Waals surface area contributed by atoms with E-state index in [-0.39, 0.29) is 11.9 Å². The molecule has 1 amide bonds. The van der Waals surface area contributed by atoms with Crippen LogP contribution >= 0.6 is 0 Å². The molecule has 0 fully saturated rings. The number of aryl methyl sites for hydroxylation is 1. The highest BCUT2D eigenvalue weighted by Crippen LogP contribution is 1.95. The first-order valence-electron chi connectivity index (χ1n) is 4.57. The fraction of sp³-hybridized carbons (Fsp3) is 0.556. The zero-order valence-electron chi connectivity index (χ0n) is 8.74. The zero-order valence-corrected chi connectivity index (χ0v) is 8.74. The molecule has 0 spiro atoms. The quantitative estimate of drug-likeness (QED) is 0.691. The fourth-order valence-corrected chi connectivity index (χ4v) is 1.14. The lowest BCUT2D eigenvalue weighted by molar-refractivity contribution is -0.122. The highest BCUT2D eigenvalue weighted by atomic mass is 16.2. The molecule has 0 saturated heterocycles. The van der Waals surface area contributed by atoms with E-state index < -0.39 is 0 Å². The molecule has 1 unspecified atom stereocenters. The molecule has 1 aromatic rings. The molecule has 14 heavy (non-hydrogen) atoms. The first-order valence-corrected chi connectivity index (χ1v) is 4.57. The van der Waals surface area contributed by atoms with Gasteiger partial charge in [-0.1, -0.05) is 0 Å². The van der Waals surface area contributed by atoms with Gasteiger partial charge in [0.05, 0.1) is 11.7 Å². The number of rotatable bonds is 4. The van der Waals surface area contributed by atoms with E-state index in [0.717, 1.165) is 5.69 Å². The number of aromatic nitrogens is 2. The van der Waals surface area contributed by atoms with Gasteiger partial charge in [0.25, 0.3) is 0 Å². The number of carbonyl (C=O) groups is 1. The van der Waals surface area contributed by atoms with Crippen molar-refractivity contribution in [3.05, 3.63) is 18.0 Å². The summed E-state index contributed by atoms with van der Waals surface area (Å²) in [4.78, 5) is 11.2. The smallest absolute Gasteiger partial charge is 0.236 e. The van der Waals surface area contributed by atoms with E-state index in [0.29, 0.717) is 6.54 Å². The maximum absolute atomic E-state index is 11.2. The van der Waals surface area contributed by atoms with Gasteiger partial charge in [-0.15, -0.1) is 0 Å². The number of hydrogen-bond acceptors (Lipinski definition) is 3. The monoisotopic (exact) mass is 196 g/mol. The lowest BCUT2D eigenvalue weighted by Gasteiger charge is -2.11. The van der Waals surface area contributed by atoms with Crippen LogP contribution in [-0.2, 0) is 18.4 Å². The Bertz CT molecular complexity index is 308. The van der Waals surface area contributed by atoms with Crippen molar-refractivity contribution in [2.75, 3.05) is 7.05 Å². The summed E-state index contributed by atoms with van der Waals surface area (Å²) < 4.78 is 1.78.